The van der Waals surface area contributed by atoms with Gasteiger partial charge in [-0.2, -0.15) is 0 Å². The molecule has 2 heterocycles. The van der Waals surface area contributed by atoms with Gasteiger partial charge in [-0.3, -0.25) is 4.79 Å². The Morgan fingerprint density at radius 1 is 0.897 bits per heavy atom. The quantitative estimate of drug-likeness (QED) is 0.495. The number of hydrogen-bond donors (Lipinski definition) is 2. The number of nitrogens with one attached hydrogen (secondary N) is 2. The molecule has 0 bridgehead atoms. The number of carbonyl (C=O) groups excluding carboxylic acids is 1. The van der Waals surface area contributed by atoms with Gasteiger partial charge < -0.3 is 15.2 Å². The van der Waals surface area contributed by atoms with Gasteiger partial charge in [0.15, 0.2) is 5.82 Å². The molecule has 0 saturated heterocycles. The normalized spacial score (nSPS) is 10.7. The monoisotopic (exact) mass is 384 g/mol. The highest BCUT2D eigenvalue weighted by Crippen LogP contribution is 2.26. The molecular formula is C23H20N4O2. The molecule has 0 aliphatic heterocycles. The number of nitrogens with zero attached hydrogens (tertiary/aromatic N) is 2. The van der Waals surface area contributed by atoms with E-state index in [1.807, 2.05) is 73.7 Å². The van der Waals surface area contributed by atoms with E-state index in [1.165, 1.54) is 0 Å². The lowest BCUT2D eigenvalue weighted by molar-refractivity contribution is -0.116. The van der Waals surface area contributed by atoms with Gasteiger partial charge in [0.2, 0.25) is 5.91 Å². The summed E-state index contributed by atoms with van der Waals surface area (Å²) in [4.78, 5) is 17.4. The molecule has 0 aliphatic carbocycles. The van der Waals surface area contributed by atoms with E-state index in [0.717, 1.165) is 22.6 Å². The van der Waals surface area contributed by atoms with Crippen LogP contribution in [0.15, 0.2) is 89.6 Å². The molecular weight excluding hydrogens is 364 g/mol. The van der Waals surface area contributed by atoms with Crippen molar-refractivity contribution in [2.75, 3.05) is 10.6 Å². The number of rotatable bonds is 6. The van der Waals surface area contributed by atoms with Crippen LogP contribution in [0.1, 0.15) is 22.8 Å². The van der Waals surface area contributed by atoms with Crippen molar-refractivity contribution in [3.05, 3.63) is 102 Å². The van der Waals surface area contributed by atoms with Crippen LogP contribution in [0.3, 0.4) is 0 Å². The number of pyridine rings is 1. The maximum absolute atomic E-state index is 13.1. The average molecular weight is 384 g/mol. The Balaban J connectivity index is 1.51. The van der Waals surface area contributed by atoms with Crippen LogP contribution < -0.4 is 10.6 Å². The fourth-order valence-electron chi connectivity index (χ4n) is 3.10. The molecule has 29 heavy (non-hydrogen) atoms. The number of aryl methyl sites for hydroxylation is 1. The highest BCUT2D eigenvalue weighted by molar-refractivity contribution is 5.97. The molecule has 0 fully saturated rings. The highest BCUT2D eigenvalue weighted by atomic mass is 16.5. The second-order valence-electron chi connectivity index (χ2n) is 6.62. The standard InChI is InChI=1S/C23H20N4O2/c1-16-14-21(27-29-16)25-19-12-13-20(24-15-19)26-23(28)22(17-8-4-2-5-9-17)18-10-6-3-7-11-18/h2-15,22H,1H3,(H,25,27)(H,24,26,28). The SMILES string of the molecule is Cc1cc(Nc2ccc(NC(=O)C(c3ccccc3)c3ccccc3)nc2)no1. The summed E-state index contributed by atoms with van der Waals surface area (Å²) in [5, 5.41) is 9.91. The molecule has 0 radical (unpaired) electrons. The summed E-state index contributed by atoms with van der Waals surface area (Å²) < 4.78 is 5.03. The smallest absolute Gasteiger partial charge is 0.237 e. The van der Waals surface area contributed by atoms with Gasteiger partial charge in [0.1, 0.15) is 11.6 Å². The number of aromatic nitrogens is 2. The Morgan fingerprint density at radius 3 is 2.07 bits per heavy atom. The molecule has 2 aromatic carbocycles. The van der Waals surface area contributed by atoms with E-state index in [2.05, 4.69) is 20.8 Å². The fourth-order valence-corrected chi connectivity index (χ4v) is 3.10. The Hall–Kier alpha value is -3.93. The van der Waals surface area contributed by atoms with Crippen LogP contribution in [0.25, 0.3) is 0 Å². The molecule has 0 aliphatic rings. The van der Waals surface area contributed by atoms with Crippen molar-refractivity contribution in [1.29, 1.82) is 0 Å². The number of hydrogen-bond acceptors (Lipinski definition) is 5. The lowest BCUT2D eigenvalue weighted by atomic mass is 9.90. The van der Waals surface area contributed by atoms with E-state index in [9.17, 15) is 4.79 Å². The summed E-state index contributed by atoms with van der Waals surface area (Å²) in [5.41, 5.74) is 2.60. The zero-order valence-corrected chi connectivity index (χ0v) is 15.9. The number of anilines is 3. The predicted octanol–water partition coefficient (Wildman–Crippen LogP) is 4.89. The van der Waals surface area contributed by atoms with E-state index in [-0.39, 0.29) is 5.91 Å². The van der Waals surface area contributed by atoms with Crippen molar-refractivity contribution >= 4 is 23.2 Å². The van der Waals surface area contributed by atoms with Crippen molar-refractivity contribution in [1.82, 2.24) is 10.1 Å². The molecule has 2 aromatic heterocycles. The first-order valence-electron chi connectivity index (χ1n) is 9.26. The molecule has 0 unspecified atom stereocenters. The van der Waals surface area contributed by atoms with Crippen molar-refractivity contribution in [2.45, 2.75) is 12.8 Å². The van der Waals surface area contributed by atoms with Gasteiger partial charge in [0, 0.05) is 6.07 Å². The summed E-state index contributed by atoms with van der Waals surface area (Å²) in [6, 6.07) is 24.8. The first-order chi connectivity index (χ1) is 14.2. The minimum Gasteiger partial charge on any atom is -0.360 e. The number of carbonyl (C=O) groups is 1. The third-order valence-electron chi connectivity index (χ3n) is 4.44. The maximum Gasteiger partial charge on any atom is 0.237 e. The summed E-state index contributed by atoms with van der Waals surface area (Å²) in [5.74, 6) is 1.25. The van der Waals surface area contributed by atoms with E-state index in [1.54, 1.807) is 18.3 Å². The van der Waals surface area contributed by atoms with Gasteiger partial charge in [-0.15, -0.1) is 0 Å². The maximum atomic E-state index is 13.1. The Bertz CT molecular complexity index is 1040. The Kier molecular flexibility index (Phi) is 5.33. The molecule has 0 saturated carbocycles. The average Bonchev–Trinajstić information content (AvgIpc) is 3.16. The zero-order chi connectivity index (χ0) is 20.1. The summed E-state index contributed by atoms with van der Waals surface area (Å²) in [6.45, 7) is 1.82. The van der Waals surface area contributed by atoms with Crippen LogP contribution in [-0.2, 0) is 4.79 Å². The largest absolute Gasteiger partial charge is 0.360 e. The van der Waals surface area contributed by atoms with Gasteiger partial charge in [-0.1, -0.05) is 65.8 Å². The summed E-state index contributed by atoms with van der Waals surface area (Å²) in [6.07, 6.45) is 1.64. The second kappa shape index (κ2) is 8.39. The Morgan fingerprint density at radius 2 is 1.55 bits per heavy atom. The molecule has 1 amide bonds. The molecule has 6 nitrogen and oxygen atoms in total. The Labute approximate surface area is 168 Å². The molecule has 0 atom stereocenters. The van der Waals surface area contributed by atoms with Crippen LogP contribution in [0.2, 0.25) is 0 Å². The van der Waals surface area contributed by atoms with E-state index in [0.29, 0.717) is 11.6 Å². The van der Waals surface area contributed by atoms with Crippen LogP contribution >= 0.6 is 0 Å². The second-order valence-corrected chi connectivity index (χ2v) is 6.62. The third kappa shape index (κ3) is 4.50. The molecule has 4 rings (SSSR count). The lowest BCUT2D eigenvalue weighted by Crippen LogP contribution is -2.22. The third-order valence-corrected chi connectivity index (χ3v) is 4.44. The fraction of sp³-hybridized carbons (Fsp3) is 0.0870. The minimum absolute atomic E-state index is 0.136. The summed E-state index contributed by atoms with van der Waals surface area (Å²) >= 11 is 0. The van der Waals surface area contributed by atoms with Crippen LogP contribution in [0.5, 0.6) is 0 Å². The molecule has 2 N–H and O–H groups in total. The molecule has 144 valence electrons. The van der Waals surface area contributed by atoms with Crippen LogP contribution in [0.4, 0.5) is 17.3 Å². The first-order valence-corrected chi connectivity index (χ1v) is 9.26. The van der Waals surface area contributed by atoms with Gasteiger partial charge in [-0.05, 0) is 30.2 Å². The lowest BCUT2D eigenvalue weighted by Gasteiger charge is -2.17. The van der Waals surface area contributed by atoms with Gasteiger partial charge in [0.05, 0.1) is 17.8 Å². The molecule has 4 aromatic rings. The van der Waals surface area contributed by atoms with Gasteiger partial charge in [-0.25, -0.2) is 4.98 Å². The molecule has 0 spiro atoms. The first kappa shape index (κ1) is 18.4. The topological polar surface area (TPSA) is 80.0 Å². The molecule has 6 heteroatoms. The van der Waals surface area contributed by atoms with Gasteiger partial charge in [0.25, 0.3) is 0 Å². The van der Waals surface area contributed by atoms with Crippen molar-refractivity contribution in [3.8, 4) is 0 Å². The van der Waals surface area contributed by atoms with Crippen molar-refractivity contribution in [3.63, 3.8) is 0 Å². The predicted molar refractivity (Wildman–Crippen MR) is 112 cm³/mol. The zero-order valence-electron chi connectivity index (χ0n) is 15.9. The number of benzene rings is 2. The van der Waals surface area contributed by atoms with Crippen molar-refractivity contribution in [2.24, 2.45) is 0 Å². The highest BCUT2D eigenvalue weighted by Gasteiger charge is 2.22. The number of amides is 1. The van der Waals surface area contributed by atoms with Crippen molar-refractivity contribution < 1.29 is 9.32 Å². The van der Waals surface area contributed by atoms with E-state index in [4.69, 9.17) is 4.52 Å². The van der Waals surface area contributed by atoms with E-state index < -0.39 is 5.92 Å². The minimum atomic E-state index is -0.421. The van der Waals surface area contributed by atoms with Gasteiger partial charge >= 0.3 is 0 Å². The van der Waals surface area contributed by atoms with Crippen LogP contribution in [-0.4, -0.2) is 16.0 Å². The van der Waals surface area contributed by atoms with E-state index >= 15 is 0 Å². The summed E-state index contributed by atoms with van der Waals surface area (Å²) in [7, 11) is 0. The van der Waals surface area contributed by atoms with Crippen LogP contribution in [0, 0.1) is 6.92 Å².